The van der Waals surface area contributed by atoms with Crippen LogP contribution in [0.1, 0.15) is 23.7 Å². The smallest absolute Gasteiger partial charge is 0.237 e. The summed E-state index contributed by atoms with van der Waals surface area (Å²) in [6, 6.07) is 19.3. The van der Waals surface area contributed by atoms with Crippen molar-refractivity contribution in [1.82, 2.24) is 20.6 Å². The fourth-order valence-electron chi connectivity index (χ4n) is 2.95. The fourth-order valence-corrected chi connectivity index (χ4v) is 3.22. The van der Waals surface area contributed by atoms with Crippen molar-refractivity contribution in [2.45, 2.75) is 38.1 Å². The van der Waals surface area contributed by atoms with Gasteiger partial charge in [-0.1, -0.05) is 43.3 Å². The molecule has 3 aromatic rings. The predicted molar refractivity (Wildman–Crippen MR) is 120 cm³/mol. The van der Waals surface area contributed by atoms with E-state index in [1.165, 1.54) is 0 Å². The van der Waals surface area contributed by atoms with Gasteiger partial charge in [-0.15, -0.1) is 0 Å². The Bertz CT molecular complexity index is 904. The molecule has 2 atom stereocenters. The van der Waals surface area contributed by atoms with E-state index < -0.39 is 0 Å². The molecular weight excluding hydrogens is 390 g/mol. The van der Waals surface area contributed by atoms with Crippen LogP contribution in [0, 0.1) is 0 Å². The van der Waals surface area contributed by atoms with E-state index >= 15 is 0 Å². The van der Waals surface area contributed by atoms with Crippen LogP contribution in [0.3, 0.4) is 0 Å². The summed E-state index contributed by atoms with van der Waals surface area (Å²) in [5.41, 5.74) is 3.08. The topological polar surface area (TPSA) is 78.9 Å². The Morgan fingerprint density at radius 3 is 2.17 bits per heavy atom. The first kappa shape index (κ1) is 21.7. The molecule has 2 aromatic heterocycles. The number of nitrogens with one attached hydrogen (secondary N) is 3. The van der Waals surface area contributed by atoms with Gasteiger partial charge in [-0.25, -0.2) is 4.98 Å². The van der Waals surface area contributed by atoms with Gasteiger partial charge in [-0.3, -0.25) is 9.78 Å². The number of anilines is 1. The monoisotopic (exact) mass is 416 g/mol. The highest BCUT2D eigenvalue weighted by molar-refractivity contribution is 6.14. The summed E-state index contributed by atoms with van der Waals surface area (Å²) in [7, 11) is 3.59. The van der Waals surface area contributed by atoms with Crippen LogP contribution >= 0.6 is 0 Å². The third-order valence-corrected chi connectivity index (χ3v) is 4.97. The van der Waals surface area contributed by atoms with Crippen LogP contribution in [0.2, 0.25) is 5.54 Å². The molecule has 1 unspecified atom stereocenters. The number of nitrogens with zero attached hydrogens (tertiary/aromatic N) is 2. The number of hydrogen-bond donors (Lipinski definition) is 3. The molecule has 0 saturated carbocycles. The largest absolute Gasteiger partial charge is 0.366 e. The van der Waals surface area contributed by atoms with E-state index in [0.29, 0.717) is 19.6 Å². The minimum atomic E-state index is -0.356. The lowest BCUT2D eigenvalue weighted by atomic mass is 10.1. The van der Waals surface area contributed by atoms with Crippen LogP contribution in [0.5, 0.6) is 0 Å². The molecule has 30 heavy (non-hydrogen) atoms. The van der Waals surface area contributed by atoms with Crippen molar-refractivity contribution < 1.29 is 4.79 Å². The molecule has 3 N–H and O–H groups in total. The van der Waals surface area contributed by atoms with E-state index in [9.17, 15) is 4.79 Å². The van der Waals surface area contributed by atoms with E-state index in [4.69, 9.17) is 0 Å². The molecule has 1 aromatic carbocycles. The summed E-state index contributed by atoms with van der Waals surface area (Å²) in [4.78, 5) is 21.2. The molecule has 3 rings (SSSR count). The van der Waals surface area contributed by atoms with Crippen molar-refractivity contribution >= 4 is 22.0 Å². The summed E-state index contributed by atoms with van der Waals surface area (Å²) < 4.78 is 0. The predicted octanol–water partition coefficient (Wildman–Crippen LogP) is 2.84. The Labute approximate surface area is 181 Å². The quantitative estimate of drug-likeness (QED) is 0.443. The Morgan fingerprint density at radius 1 is 0.900 bits per heavy atom. The molecule has 2 heterocycles. The molecule has 7 heteroatoms. The number of carbonyl (C=O) groups excluding carboxylic acids is 1. The van der Waals surface area contributed by atoms with Crippen LogP contribution in [0.25, 0.3) is 0 Å². The molecule has 0 saturated heterocycles. The average Bonchev–Trinajstić information content (AvgIpc) is 2.78. The molecule has 0 aliphatic carbocycles. The molecule has 0 aliphatic heterocycles. The highest BCUT2D eigenvalue weighted by atomic mass is 28.1. The zero-order valence-electron chi connectivity index (χ0n) is 17.0. The van der Waals surface area contributed by atoms with Crippen molar-refractivity contribution in [2.75, 3.05) is 5.32 Å². The van der Waals surface area contributed by atoms with E-state index in [-0.39, 0.29) is 17.5 Å². The number of hydrogen-bond acceptors (Lipinski definition) is 5. The summed E-state index contributed by atoms with van der Waals surface area (Å²) in [6.45, 7) is 3.67. The number of benzene rings is 1. The highest BCUT2D eigenvalue weighted by Crippen LogP contribution is 2.10. The molecule has 6 nitrogen and oxygen atoms in total. The Balaban J connectivity index is 1.47. The summed E-state index contributed by atoms with van der Waals surface area (Å²) in [5, 5.41) is 9.58. The maximum atomic E-state index is 12.7. The van der Waals surface area contributed by atoms with Gasteiger partial charge < -0.3 is 16.0 Å². The zero-order chi connectivity index (χ0) is 21.2. The Hall–Kier alpha value is -3.03. The minimum absolute atomic E-state index is 0.0197. The molecular formula is C23H26N5OSi. The second kappa shape index (κ2) is 11.2. The molecule has 1 amide bonds. The SMILES string of the molecule is CC([Si])[C@H](NCc1ccccn1)C(=O)NCc1ccc(CNc2ccccn2)cc1. The first-order chi connectivity index (χ1) is 14.6. The van der Waals surface area contributed by atoms with E-state index in [1.807, 2.05) is 55.5 Å². The van der Waals surface area contributed by atoms with Crippen LogP contribution in [0.4, 0.5) is 5.82 Å². The third-order valence-electron chi connectivity index (χ3n) is 4.64. The summed E-state index contributed by atoms with van der Waals surface area (Å²) >= 11 is 0. The third kappa shape index (κ3) is 6.79. The van der Waals surface area contributed by atoms with Crippen molar-refractivity contribution in [3.05, 3.63) is 89.9 Å². The summed E-state index contributed by atoms with van der Waals surface area (Å²) in [6.07, 6.45) is 3.51. The van der Waals surface area contributed by atoms with E-state index in [0.717, 1.165) is 22.6 Å². The number of carbonyl (C=O) groups is 1. The van der Waals surface area contributed by atoms with Gasteiger partial charge in [0.2, 0.25) is 5.91 Å². The first-order valence-corrected chi connectivity index (χ1v) is 10.5. The van der Waals surface area contributed by atoms with Crippen molar-refractivity contribution in [1.29, 1.82) is 0 Å². The molecule has 0 aliphatic rings. The Morgan fingerprint density at radius 2 is 1.57 bits per heavy atom. The van der Waals surface area contributed by atoms with Gasteiger partial charge in [0.1, 0.15) is 5.82 Å². The van der Waals surface area contributed by atoms with Gasteiger partial charge in [0, 0.05) is 42.3 Å². The lowest BCUT2D eigenvalue weighted by Gasteiger charge is -2.21. The van der Waals surface area contributed by atoms with Crippen LogP contribution in [-0.4, -0.2) is 32.2 Å². The van der Waals surface area contributed by atoms with Crippen LogP contribution in [-0.2, 0) is 24.4 Å². The number of aromatic nitrogens is 2. The lowest BCUT2D eigenvalue weighted by Crippen LogP contribution is -2.46. The van der Waals surface area contributed by atoms with E-state index in [1.54, 1.807) is 12.4 Å². The molecule has 0 fully saturated rings. The number of amides is 1. The first-order valence-electron chi connectivity index (χ1n) is 9.96. The molecule has 153 valence electrons. The van der Waals surface area contributed by atoms with Crippen molar-refractivity contribution in [2.24, 2.45) is 0 Å². The van der Waals surface area contributed by atoms with Gasteiger partial charge in [0.15, 0.2) is 0 Å². The van der Waals surface area contributed by atoms with Crippen LogP contribution in [0.15, 0.2) is 73.1 Å². The molecule has 0 bridgehead atoms. The molecule has 3 radical (unpaired) electrons. The molecule has 0 spiro atoms. The zero-order valence-corrected chi connectivity index (χ0v) is 18.0. The lowest BCUT2D eigenvalue weighted by molar-refractivity contribution is -0.123. The summed E-state index contributed by atoms with van der Waals surface area (Å²) in [5.74, 6) is 0.802. The van der Waals surface area contributed by atoms with Gasteiger partial charge in [-0.2, -0.15) is 0 Å². The highest BCUT2D eigenvalue weighted by Gasteiger charge is 2.21. The maximum absolute atomic E-state index is 12.7. The van der Waals surface area contributed by atoms with Crippen molar-refractivity contribution in [3.8, 4) is 0 Å². The minimum Gasteiger partial charge on any atom is -0.366 e. The average molecular weight is 417 g/mol. The van der Waals surface area contributed by atoms with E-state index in [2.05, 4.69) is 48.3 Å². The van der Waals surface area contributed by atoms with Gasteiger partial charge in [0.05, 0.1) is 11.7 Å². The standard InChI is InChI=1S/C23H26N5OSi/c1-17(30)22(27-16-20-6-2-4-12-24-20)23(29)28-15-19-10-8-18(9-11-19)14-26-21-7-3-5-13-25-21/h2-13,17,22,27H,14-16H2,1H3,(H,25,26)(H,28,29)/t17?,22-/m0/s1. The fraction of sp³-hybridized carbons (Fsp3) is 0.261. The van der Waals surface area contributed by atoms with Crippen LogP contribution < -0.4 is 16.0 Å². The van der Waals surface area contributed by atoms with Gasteiger partial charge in [0.25, 0.3) is 0 Å². The second-order valence-corrected chi connectivity index (χ2v) is 7.98. The second-order valence-electron chi connectivity index (χ2n) is 7.07. The Kier molecular flexibility index (Phi) is 8.11. The number of pyridine rings is 2. The van der Waals surface area contributed by atoms with Gasteiger partial charge >= 0.3 is 0 Å². The number of rotatable bonds is 10. The van der Waals surface area contributed by atoms with Crippen molar-refractivity contribution in [3.63, 3.8) is 0 Å². The normalized spacial score (nSPS) is 12.7. The maximum Gasteiger partial charge on any atom is 0.237 e. The van der Waals surface area contributed by atoms with Gasteiger partial charge in [-0.05, 0) is 40.9 Å².